The molecule has 3 rings (SSSR count). The predicted octanol–water partition coefficient (Wildman–Crippen LogP) is 3.43. The van der Waals surface area contributed by atoms with Crippen LogP contribution in [0.4, 0.5) is 0 Å². The molecule has 4 nitrogen and oxygen atoms in total. The van der Waals surface area contributed by atoms with Crippen LogP contribution in [-0.4, -0.2) is 25.9 Å². The highest BCUT2D eigenvalue weighted by molar-refractivity contribution is 7.78. The Labute approximate surface area is 155 Å². The van der Waals surface area contributed by atoms with Crippen LogP contribution in [0.15, 0.2) is 54.6 Å². The van der Waals surface area contributed by atoms with Crippen molar-refractivity contribution in [3.63, 3.8) is 0 Å². The van der Waals surface area contributed by atoms with Gasteiger partial charge < -0.3 is 14.8 Å². The van der Waals surface area contributed by atoms with E-state index in [9.17, 15) is 0 Å². The smallest absolute Gasteiger partial charge is 0.106 e. The maximum atomic E-state index is 6.17. The zero-order valence-corrected chi connectivity index (χ0v) is 15.4. The maximum Gasteiger partial charge on any atom is 0.106 e. The minimum atomic E-state index is 0.0243. The van der Waals surface area contributed by atoms with Crippen LogP contribution in [0, 0.1) is 0 Å². The molecule has 2 aromatic carbocycles. The molecule has 5 heteroatoms. The topological polar surface area (TPSA) is 42.5 Å². The van der Waals surface area contributed by atoms with Gasteiger partial charge in [0, 0.05) is 19.1 Å². The van der Waals surface area contributed by atoms with Crippen molar-refractivity contribution in [2.24, 2.45) is 0 Å². The van der Waals surface area contributed by atoms with Gasteiger partial charge in [-0.25, -0.2) is 0 Å². The van der Waals surface area contributed by atoms with Crippen LogP contribution in [0.1, 0.15) is 35.8 Å². The Morgan fingerprint density at radius 3 is 2.56 bits per heavy atom. The first kappa shape index (κ1) is 18.4. The van der Waals surface area contributed by atoms with E-state index < -0.39 is 0 Å². The van der Waals surface area contributed by atoms with E-state index in [4.69, 9.17) is 9.47 Å². The Balaban J connectivity index is 1.45. The first-order valence-corrected chi connectivity index (χ1v) is 9.18. The third-order valence-corrected chi connectivity index (χ3v) is 4.86. The van der Waals surface area contributed by atoms with E-state index in [-0.39, 0.29) is 18.2 Å². The van der Waals surface area contributed by atoms with Gasteiger partial charge in [-0.3, -0.25) is 4.72 Å². The lowest BCUT2D eigenvalue weighted by Crippen LogP contribution is -2.38. The van der Waals surface area contributed by atoms with Crippen LogP contribution in [0.5, 0.6) is 0 Å². The van der Waals surface area contributed by atoms with E-state index in [2.05, 4.69) is 66.2 Å². The molecule has 1 aliphatic heterocycles. The van der Waals surface area contributed by atoms with Crippen molar-refractivity contribution < 1.29 is 9.47 Å². The highest BCUT2D eigenvalue weighted by atomic mass is 32.1. The number of rotatable bonds is 7. The minimum Gasteiger partial charge on any atom is -0.376 e. The molecule has 0 spiro atoms. The summed E-state index contributed by atoms with van der Waals surface area (Å²) in [5, 5.41) is 3.47. The number of ether oxygens (including phenoxy) is 2. The third kappa shape index (κ3) is 5.30. The number of thiol groups is 1. The normalized spacial score (nSPS) is 21.8. The second-order valence-corrected chi connectivity index (χ2v) is 6.68. The van der Waals surface area contributed by atoms with Crippen LogP contribution >= 0.6 is 12.8 Å². The highest BCUT2D eigenvalue weighted by Crippen LogP contribution is 2.23. The lowest BCUT2D eigenvalue weighted by atomic mass is 10.1. The van der Waals surface area contributed by atoms with Crippen molar-refractivity contribution in [3.8, 4) is 0 Å². The molecule has 0 radical (unpaired) electrons. The zero-order valence-electron chi connectivity index (χ0n) is 14.5. The zero-order chi connectivity index (χ0) is 17.5. The average Bonchev–Trinajstić information content (AvgIpc) is 2.69. The lowest BCUT2D eigenvalue weighted by molar-refractivity contribution is -0.138. The summed E-state index contributed by atoms with van der Waals surface area (Å²) in [5.74, 6) is 0. The monoisotopic (exact) mass is 358 g/mol. The van der Waals surface area contributed by atoms with Crippen LogP contribution in [0.3, 0.4) is 0 Å². The molecule has 0 aliphatic carbocycles. The maximum absolute atomic E-state index is 6.17. The molecule has 0 bridgehead atoms. The Bertz CT molecular complexity index is 636. The van der Waals surface area contributed by atoms with Gasteiger partial charge in [0.15, 0.2) is 0 Å². The van der Waals surface area contributed by atoms with Gasteiger partial charge in [0.2, 0.25) is 0 Å². The van der Waals surface area contributed by atoms with Crippen LogP contribution in [0.25, 0.3) is 0 Å². The van der Waals surface area contributed by atoms with Gasteiger partial charge in [-0.05, 0) is 23.6 Å². The molecular weight excluding hydrogens is 332 g/mol. The Morgan fingerprint density at radius 1 is 1.08 bits per heavy atom. The molecule has 1 saturated heterocycles. The molecule has 1 aliphatic rings. The van der Waals surface area contributed by atoms with Crippen molar-refractivity contribution in [2.45, 2.75) is 31.7 Å². The molecule has 0 amide bonds. The quantitative estimate of drug-likeness (QED) is 0.664. The summed E-state index contributed by atoms with van der Waals surface area (Å²) >= 11 is 4.11. The molecule has 2 N–H and O–H groups in total. The van der Waals surface area contributed by atoms with Gasteiger partial charge >= 0.3 is 0 Å². The fraction of sp³-hybridized carbons (Fsp3) is 0.400. The van der Waals surface area contributed by atoms with Crippen molar-refractivity contribution >= 4 is 12.8 Å². The molecule has 2 unspecified atom stereocenters. The Morgan fingerprint density at radius 2 is 1.84 bits per heavy atom. The summed E-state index contributed by atoms with van der Waals surface area (Å²) < 4.78 is 14.9. The number of hydrogen-bond acceptors (Lipinski definition) is 5. The summed E-state index contributed by atoms with van der Waals surface area (Å²) in [6, 6.07) is 19.1. The van der Waals surface area contributed by atoms with Gasteiger partial charge in [-0.15, -0.1) is 0 Å². The van der Waals surface area contributed by atoms with Gasteiger partial charge in [0.25, 0.3) is 0 Å². The fourth-order valence-electron chi connectivity index (χ4n) is 2.94. The van der Waals surface area contributed by atoms with Crippen LogP contribution in [-0.2, 0) is 16.0 Å². The first-order chi connectivity index (χ1) is 12.3. The summed E-state index contributed by atoms with van der Waals surface area (Å²) in [6.45, 7) is 4.95. The minimum absolute atomic E-state index is 0.0243. The second-order valence-electron chi connectivity index (χ2n) is 6.42. The van der Waals surface area contributed by atoms with Crippen molar-refractivity contribution in [1.82, 2.24) is 10.0 Å². The molecular formula is C20H26N2O2S. The molecule has 3 atom stereocenters. The van der Waals surface area contributed by atoms with Gasteiger partial charge in [0.1, 0.15) is 6.10 Å². The molecule has 1 fully saturated rings. The van der Waals surface area contributed by atoms with Crippen molar-refractivity contribution in [2.75, 3.05) is 19.8 Å². The Kier molecular flexibility index (Phi) is 6.90. The standard InChI is InChI=1S/C20H26N2O2S/c1-15(22-25)17-9-7-16(8-10-17)11-21-12-19-13-23-14-20(24-19)18-5-3-2-4-6-18/h2-10,15,19-22,25H,11-14H2,1H3/t15-,19?,20?/m1/s1. The van der Waals surface area contributed by atoms with E-state index in [0.29, 0.717) is 13.2 Å². The summed E-state index contributed by atoms with van der Waals surface area (Å²) in [7, 11) is 0. The average molecular weight is 359 g/mol. The van der Waals surface area contributed by atoms with Gasteiger partial charge in [-0.1, -0.05) is 67.4 Å². The largest absolute Gasteiger partial charge is 0.376 e. The Hall–Kier alpha value is -1.37. The van der Waals surface area contributed by atoms with E-state index in [1.807, 2.05) is 18.2 Å². The second kappa shape index (κ2) is 9.36. The number of nitrogens with one attached hydrogen (secondary N) is 2. The van der Waals surface area contributed by atoms with E-state index in [1.54, 1.807) is 0 Å². The van der Waals surface area contributed by atoms with Crippen molar-refractivity contribution in [3.05, 3.63) is 71.3 Å². The summed E-state index contributed by atoms with van der Waals surface area (Å²) in [4.78, 5) is 0. The molecule has 2 aromatic rings. The summed E-state index contributed by atoms with van der Waals surface area (Å²) in [5.41, 5.74) is 3.66. The van der Waals surface area contributed by atoms with Gasteiger partial charge in [-0.2, -0.15) is 0 Å². The van der Waals surface area contributed by atoms with Gasteiger partial charge in [0.05, 0.1) is 19.3 Å². The van der Waals surface area contributed by atoms with Crippen molar-refractivity contribution in [1.29, 1.82) is 0 Å². The van der Waals surface area contributed by atoms with E-state index >= 15 is 0 Å². The lowest BCUT2D eigenvalue weighted by Gasteiger charge is -2.30. The molecule has 25 heavy (non-hydrogen) atoms. The van der Waals surface area contributed by atoms with E-state index in [1.165, 1.54) is 16.7 Å². The molecule has 134 valence electrons. The van der Waals surface area contributed by atoms with E-state index in [0.717, 1.165) is 13.1 Å². The highest BCUT2D eigenvalue weighted by Gasteiger charge is 2.23. The number of benzene rings is 2. The van der Waals surface area contributed by atoms with Crippen LogP contribution < -0.4 is 10.0 Å². The molecule has 0 aromatic heterocycles. The fourth-order valence-corrected chi connectivity index (χ4v) is 3.09. The SMILES string of the molecule is C[C@@H](NS)c1ccc(CNCC2COCC(c3ccccc3)O2)cc1. The van der Waals surface area contributed by atoms with Crippen LogP contribution in [0.2, 0.25) is 0 Å². The predicted molar refractivity (Wildman–Crippen MR) is 104 cm³/mol. The number of hydrogen-bond donors (Lipinski definition) is 3. The molecule has 1 heterocycles. The summed E-state index contributed by atoms with van der Waals surface area (Å²) in [6.07, 6.45) is 0.0999. The molecule has 0 saturated carbocycles. The first-order valence-electron chi connectivity index (χ1n) is 8.73. The third-order valence-electron chi connectivity index (χ3n) is 4.48.